The first kappa shape index (κ1) is 19.0. The SMILES string of the molecule is Cl.Fc1cc(F)c(F)c([C@@H](N2CCNCC2)C(F)(F)F)c1F. The maximum Gasteiger partial charge on any atom is 0.408 e. The number of nitrogens with one attached hydrogen (secondary N) is 1. The molecule has 1 aliphatic rings. The van der Waals surface area contributed by atoms with Crippen molar-refractivity contribution in [3.8, 4) is 0 Å². The van der Waals surface area contributed by atoms with Gasteiger partial charge in [-0.25, -0.2) is 17.6 Å². The lowest BCUT2D eigenvalue weighted by atomic mass is 10.0. The van der Waals surface area contributed by atoms with E-state index < -0.39 is 41.1 Å². The highest BCUT2D eigenvalue weighted by Gasteiger charge is 2.48. The molecule has 1 aromatic rings. The molecule has 0 amide bonds. The monoisotopic (exact) mass is 352 g/mol. The second kappa shape index (κ2) is 7.01. The Morgan fingerprint density at radius 3 is 1.82 bits per heavy atom. The maximum atomic E-state index is 13.7. The molecule has 0 bridgehead atoms. The van der Waals surface area contributed by atoms with E-state index >= 15 is 0 Å². The highest BCUT2D eigenvalue weighted by atomic mass is 35.5. The minimum absolute atomic E-state index is 0. The van der Waals surface area contributed by atoms with Crippen molar-refractivity contribution in [3.63, 3.8) is 0 Å². The van der Waals surface area contributed by atoms with Crippen molar-refractivity contribution in [1.29, 1.82) is 0 Å². The van der Waals surface area contributed by atoms with Crippen molar-refractivity contribution in [2.24, 2.45) is 0 Å². The number of halogens is 8. The number of hydrogen-bond donors (Lipinski definition) is 1. The molecule has 0 saturated carbocycles. The van der Waals surface area contributed by atoms with Gasteiger partial charge in [0.15, 0.2) is 23.3 Å². The van der Waals surface area contributed by atoms with Crippen LogP contribution < -0.4 is 5.32 Å². The van der Waals surface area contributed by atoms with Crippen molar-refractivity contribution < 1.29 is 30.7 Å². The fourth-order valence-corrected chi connectivity index (χ4v) is 2.33. The molecule has 126 valence electrons. The molecular formula is C12H12ClF7N2. The van der Waals surface area contributed by atoms with E-state index in [-0.39, 0.29) is 44.7 Å². The van der Waals surface area contributed by atoms with Crippen LogP contribution in [0.5, 0.6) is 0 Å². The molecule has 1 heterocycles. The highest BCUT2D eigenvalue weighted by molar-refractivity contribution is 5.85. The Hall–Kier alpha value is -1.06. The topological polar surface area (TPSA) is 15.3 Å². The molecule has 1 N–H and O–H groups in total. The molecule has 1 aromatic carbocycles. The second-order valence-corrected chi connectivity index (χ2v) is 4.61. The van der Waals surface area contributed by atoms with Gasteiger partial charge in [0, 0.05) is 32.2 Å². The molecule has 0 radical (unpaired) electrons. The van der Waals surface area contributed by atoms with Gasteiger partial charge in [-0.1, -0.05) is 0 Å². The lowest BCUT2D eigenvalue weighted by molar-refractivity contribution is -0.189. The maximum absolute atomic E-state index is 13.7. The summed E-state index contributed by atoms with van der Waals surface area (Å²) in [5, 5.41) is 2.78. The normalized spacial score (nSPS) is 18.0. The number of rotatable bonds is 2. The lowest BCUT2D eigenvalue weighted by Gasteiger charge is -2.36. The van der Waals surface area contributed by atoms with Gasteiger partial charge in [0.2, 0.25) is 0 Å². The Balaban J connectivity index is 0.00000242. The van der Waals surface area contributed by atoms with Crippen LogP contribution in [0.3, 0.4) is 0 Å². The molecular weight excluding hydrogens is 341 g/mol. The van der Waals surface area contributed by atoms with E-state index in [2.05, 4.69) is 5.32 Å². The summed E-state index contributed by atoms with van der Waals surface area (Å²) in [4.78, 5) is 0.747. The molecule has 0 unspecified atom stereocenters. The third kappa shape index (κ3) is 3.64. The van der Waals surface area contributed by atoms with Gasteiger partial charge in [-0.15, -0.1) is 12.4 Å². The zero-order valence-electron chi connectivity index (χ0n) is 11.0. The third-order valence-electron chi connectivity index (χ3n) is 3.25. The average molecular weight is 353 g/mol. The predicted molar refractivity (Wildman–Crippen MR) is 66.8 cm³/mol. The van der Waals surface area contributed by atoms with E-state index in [4.69, 9.17) is 0 Å². The van der Waals surface area contributed by atoms with Crippen LogP contribution in [0.4, 0.5) is 30.7 Å². The summed E-state index contributed by atoms with van der Waals surface area (Å²) < 4.78 is 93.1. The van der Waals surface area contributed by atoms with Gasteiger partial charge in [-0.05, 0) is 0 Å². The Morgan fingerprint density at radius 2 is 1.41 bits per heavy atom. The Morgan fingerprint density at radius 1 is 0.955 bits per heavy atom. The van der Waals surface area contributed by atoms with Crippen molar-refractivity contribution in [2.45, 2.75) is 12.2 Å². The smallest absolute Gasteiger partial charge is 0.314 e. The average Bonchev–Trinajstić information content (AvgIpc) is 2.41. The molecule has 1 aliphatic heterocycles. The molecule has 22 heavy (non-hydrogen) atoms. The quantitative estimate of drug-likeness (QED) is 0.650. The number of hydrogen-bond acceptors (Lipinski definition) is 2. The first-order valence-corrected chi connectivity index (χ1v) is 6.08. The number of nitrogens with zero attached hydrogens (tertiary/aromatic N) is 1. The summed E-state index contributed by atoms with van der Waals surface area (Å²) in [7, 11) is 0. The van der Waals surface area contributed by atoms with E-state index in [0.717, 1.165) is 4.90 Å². The van der Waals surface area contributed by atoms with E-state index in [9.17, 15) is 30.7 Å². The Labute approximate surface area is 127 Å². The van der Waals surface area contributed by atoms with Crippen LogP contribution in [0.25, 0.3) is 0 Å². The predicted octanol–water partition coefficient (Wildman–Crippen LogP) is 3.17. The van der Waals surface area contributed by atoms with Gasteiger partial charge in [0.1, 0.15) is 6.04 Å². The zero-order valence-corrected chi connectivity index (χ0v) is 11.8. The van der Waals surface area contributed by atoms with Gasteiger partial charge in [0.25, 0.3) is 0 Å². The van der Waals surface area contributed by atoms with Crippen molar-refractivity contribution in [2.75, 3.05) is 26.2 Å². The summed E-state index contributed by atoms with van der Waals surface area (Å²) in [6, 6.07) is -2.84. The third-order valence-corrected chi connectivity index (χ3v) is 3.25. The summed E-state index contributed by atoms with van der Waals surface area (Å²) in [6.07, 6.45) is -5.07. The van der Waals surface area contributed by atoms with Crippen molar-refractivity contribution in [3.05, 3.63) is 34.9 Å². The van der Waals surface area contributed by atoms with E-state index in [1.807, 2.05) is 0 Å². The summed E-state index contributed by atoms with van der Waals surface area (Å²) in [6.45, 7) is 0.0452. The molecule has 2 nitrogen and oxygen atoms in total. The first-order chi connectivity index (χ1) is 9.73. The van der Waals surface area contributed by atoms with Gasteiger partial charge >= 0.3 is 6.18 Å². The molecule has 0 aromatic heterocycles. The largest absolute Gasteiger partial charge is 0.408 e. The fourth-order valence-electron chi connectivity index (χ4n) is 2.33. The van der Waals surface area contributed by atoms with E-state index in [1.54, 1.807) is 0 Å². The van der Waals surface area contributed by atoms with Crippen LogP contribution in [0, 0.1) is 23.3 Å². The van der Waals surface area contributed by atoms with Gasteiger partial charge in [-0.2, -0.15) is 13.2 Å². The molecule has 1 saturated heterocycles. The van der Waals surface area contributed by atoms with E-state index in [1.165, 1.54) is 0 Å². The molecule has 1 fully saturated rings. The molecule has 1 atom stereocenters. The highest BCUT2D eigenvalue weighted by Crippen LogP contribution is 2.41. The van der Waals surface area contributed by atoms with Gasteiger partial charge in [-0.3, -0.25) is 4.90 Å². The Kier molecular flexibility index (Phi) is 6.05. The number of alkyl halides is 3. The van der Waals surface area contributed by atoms with Crippen LogP contribution in [-0.2, 0) is 0 Å². The molecule has 0 spiro atoms. The number of piperazine rings is 1. The molecule has 0 aliphatic carbocycles. The molecule has 10 heteroatoms. The zero-order chi connectivity index (χ0) is 15.8. The summed E-state index contributed by atoms with van der Waals surface area (Å²) >= 11 is 0. The van der Waals surface area contributed by atoms with Gasteiger partial charge in [0.05, 0.1) is 5.56 Å². The van der Waals surface area contributed by atoms with Crippen LogP contribution in [0.2, 0.25) is 0 Å². The van der Waals surface area contributed by atoms with Crippen LogP contribution in [-0.4, -0.2) is 37.3 Å². The first-order valence-electron chi connectivity index (χ1n) is 6.08. The van der Waals surface area contributed by atoms with E-state index in [0.29, 0.717) is 0 Å². The van der Waals surface area contributed by atoms with Crippen molar-refractivity contribution >= 4 is 12.4 Å². The Bertz CT molecular complexity index is 503. The number of benzene rings is 1. The molecule has 2 rings (SSSR count). The van der Waals surface area contributed by atoms with Crippen LogP contribution in [0.1, 0.15) is 11.6 Å². The standard InChI is InChI=1S/C12H11F7N2.ClH/c13-6-5-7(14)10(16)8(9(6)15)11(12(17,18)19)21-3-1-20-2-4-21;/h5,11,20H,1-4H2;1H/t11-;/m1./s1. The summed E-state index contributed by atoms with van der Waals surface area (Å²) in [5.41, 5.74) is -1.64. The van der Waals surface area contributed by atoms with Gasteiger partial charge < -0.3 is 5.32 Å². The minimum Gasteiger partial charge on any atom is -0.314 e. The van der Waals surface area contributed by atoms with Crippen LogP contribution >= 0.6 is 12.4 Å². The lowest BCUT2D eigenvalue weighted by Crippen LogP contribution is -2.49. The van der Waals surface area contributed by atoms with Crippen molar-refractivity contribution in [1.82, 2.24) is 10.2 Å². The van der Waals surface area contributed by atoms with Crippen LogP contribution in [0.15, 0.2) is 6.07 Å². The fraction of sp³-hybridized carbons (Fsp3) is 0.500. The minimum atomic E-state index is -5.07. The summed E-state index contributed by atoms with van der Waals surface area (Å²) in [5.74, 6) is -7.74. The second-order valence-electron chi connectivity index (χ2n) is 4.61.